The summed E-state index contributed by atoms with van der Waals surface area (Å²) in [6, 6.07) is 13.3. The van der Waals surface area contributed by atoms with E-state index in [9.17, 15) is 9.90 Å². The van der Waals surface area contributed by atoms with Crippen LogP contribution in [0, 0.1) is 5.92 Å². The van der Waals surface area contributed by atoms with Crippen LogP contribution in [0.2, 0.25) is 4.34 Å². The number of thiophene rings is 1. The van der Waals surface area contributed by atoms with Crippen molar-refractivity contribution >= 4 is 28.8 Å². The zero-order valence-electron chi connectivity index (χ0n) is 12.1. The molecule has 1 aromatic heterocycles. The van der Waals surface area contributed by atoms with Gasteiger partial charge in [-0.3, -0.25) is 4.79 Å². The van der Waals surface area contributed by atoms with Gasteiger partial charge >= 0.3 is 0 Å². The van der Waals surface area contributed by atoms with E-state index < -0.39 is 6.10 Å². The van der Waals surface area contributed by atoms with E-state index in [1.54, 1.807) is 12.1 Å². The SMILES string of the molecule is O=C(c1ccc(Cl)s1)N1CCC([C@H](O)c2ccccc2)CC1. The topological polar surface area (TPSA) is 40.5 Å². The Bertz CT molecular complexity index is 635. The van der Waals surface area contributed by atoms with Crippen LogP contribution in [0.3, 0.4) is 0 Å². The molecule has 1 fully saturated rings. The third kappa shape index (κ3) is 3.35. The maximum atomic E-state index is 12.4. The first kappa shape index (κ1) is 15.5. The Morgan fingerprint density at radius 3 is 2.45 bits per heavy atom. The number of rotatable bonds is 3. The Hall–Kier alpha value is -1.36. The molecule has 0 radical (unpaired) electrons. The van der Waals surface area contributed by atoms with Gasteiger partial charge in [0.25, 0.3) is 5.91 Å². The van der Waals surface area contributed by atoms with Crippen molar-refractivity contribution in [2.75, 3.05) is 13.1 Å². The molecule has 1 atom stereocenters. The van der Waals surface area contributed by atoms with Crippen molar-refractivity contribution in [3.8, 4) is 0 Å². The van der Waals surface area contributed by atoms with Crippen LogP contribution < -0.4 is 0 Å². The Morgan fingerprint density at radius 2 is 1.86 bits per heavy atom. The van der Waals surface area contributed by atoms with Gasteiger partial charge in [0.05, 0.1) is 15.3 Å². The lowest BCUT2D eigenvalue weighted by Crippen LogP contribution is -2.39. The highest BCUT2D eigenvalue weighted by molar-refractivity contribution is 7.17. The minimum atomic E-state index is -0.449. The first-order valence-corrected chi connectivity index (χ1v) is 8.62. The predicted octanol–water partition coefficient (Wildman–Crippen LogP) is 3.99. The number of carbonyl (C=O) groups excluding carboxylic acids is 1. The normalized spacial score (nSPS) is 17.5. The van der Waals surface area contributed by atoms with Crippen LogP contribution in [-0.2, 0) is 0 Å². The monoisotopic (exact) mass is 335 g/mol. The summed E-state index contributed by atoms with van der Waals surface area (Å²) in [6.45, 7) is 1.37. The van der Waals surface area contributed by atoms with E-state index in [1.807, 2.05) is 35.2 Å². The van der Waals surface area contributed by atoms with Gasteiger partial charge in [-0.15, -0.1) is 11.3 Å². The third-order valence-corrected chi connectivity index (χ3v) is 5.42. The molecule has 2 heterocycles. The number of halogens is 1. The van der Waals surface area contributed by atoms with Crippen molar-refractivity contribution in [2.45, 2.75) is 18.9 Å². The summed E-state index contributed by atoms with van der Waals surface area (Å²) >= 11 is 7.21. The van der Waals surface area contributed by atoms with Crippen molar-refractivity contribution < 1.29 is 9.90 Å². The van der Waals surface area contributed by atoms with Crippen LogP contribution in [0.4, 0.5) is 0 Å². The first-order valence-electron chi connectivity index (χ1n) is 7.43. The van der Waals surface area contributed by atoms with Crippen LogP contribution in [0.5, 0.6) is 0 Å². The number of aliphatic hydroxyl groups is 1. The van der Waals surface area contributed by atoms with E-state index in [4.69, 9.17) is 11.6 Å². The largest absolute Gasteiger partial charge is 0.388 e. The standard InChI is InChI=1S/C17H18ClNO2S/c18-15-7-6-14(22-15)17(21)19-10-8-13(9-11-19)16(20)12-4-2-1-3-5-12/h1-7,13,16,20H,8-11H2/t16-/m1/s1. The second-order valence-electron chi connectivity index (χ2n) is 5.59. The number of carbonyl (C=O) groups is 1. The number of nitrogens with zero attached hydrogens (tertiary/aromatic N) is 1. The molecule has 5 heteroatoms. The minimum Gasteiger partial charge on any atom is -0.388 e. The van der Waals surface area contributed by atoms with E-state index in [1.165, 1.54) is 11.3 Å². The molecular formula is C17H18ClNO2S. The van der Waals surface area contributed by atoms with Gasteiger partial charge in [0, 0.05) is 13.1 Å². The maximum Gasteiger partial charge on any atom is 0.263 e. The number of benzene rings is 1. The molecule has 1 aliphatic rings. The average molecular weight is 336 g/mol. The highest BCUT2D eigenvalue weighted by Crippen LogP contribution is 2.31. The Labute approximate surface area is 139 Å². The molecule has 0 spiro atoms. The number of piperidine rings is 1. The fourth-order valence-electron chi connectivity index (χ4n) is 2.93. The molecule has 0 saturated carbocycles. The molecule has 0 aliphatic carbocycles. The van der Waals surface area contributed by atoms with E-state index >= 15 is 0 Å². The zero-order chi connectivity index (χ0) is 15.5. The molecule has 3 rings (SSSR count). The number of amides is 1. The zero-order valence-corrected chi connectivity index (χ0v) is 13.7. The van der Waals surface area contributed by atoms with Crippen LogP contribution in [-0.4, -0.2) is 29.0 Å². The summed E-state index contributed by atoms with van der Waals surface area (Å²) in [6.07, 6.45) is 1.19. The summed E-state index contributed by atoms with van der Waals surface area (Å²) in [7, 11) is 0. The third-order valence-electron chi connectivity index (χ3n) is 4.20. The van der Waals surface area contributed by atoms with Gasteiger partial charge in [0.1, 0.15) is 0 Å². The molecule has 116 valence electrons. The number of aliphatic hydroxyl groups excluding tert-OH is 1. The molecule has 3 nitrogen and oxygen atoms in total. The fourth-order valence-corrected chi connectivity index (χ4v) is 3.94. The summed E-state index contributed by atoms with van der Waals surface area (Å²) in [5.74, 6) is 0.253. The van der Waals surface area contributed by atoms with Gasteiger partial charge in [-0.2, -0.15) is 0 Å². The van der Waals surface area contributed by atoms with Crippen molar-refractivity contribution in [3.05, 3.63) is 57.2 Å². The predicted molar refractivity (Wildman–Crippen MR) is 89.4 cm³/mol. The average Bonchev–Trinajstić information content (AvgIpc) is 3.01. The van der Waals surface area contributed by atoms with Gasteiger partial charge in [0.15, 0.2) is 0 Å². The number of likely N-dealkylation sites (tertiary alicyclic amines) is 1. The van der Waals surface area contributed by atoms with Crippen LogP contribution in [0.25, 0.3) is 0 Å². The van der Waals surface area contributed by atoms with E-state index in [0.29, 0.717) is 22.3 Å². The van der Waals surface area contributed by atoms with Crippen molar-refractivity contribution in [1.29, 1.82) is 0 Å². The molecule has 2 aromatic rings. The van der Waals surface area contributed by atoms with Crippen molar-refractivity contribution in [1.82, 2.24) is 4.90 Å². The van der Waals surface area contributed by atoms with Gasteiger partial charge < -0.3 is 10.0 Å². The maximum absolute atomic E-state index is 12.4. The lowest BCUT2D eigenvalue weighted by molar-refractivity contribution is 0.0465. The van der Waals surface area contributed by atoms with Crippen LogP contribution >= 0.6 is 22.9 Å². The summed E-state index contributed by atoms with van der Waals surface area (Å²) in [5.41, 5.74) is 0.956. The molecule has 1 amide bonds. The molecule has 1 N–H and O–H groups in total. The number of hydrogen-bond donors (Lipinski definition) is 1. The lowest BCUT2D eigenvalue weighted by Gasteiger charge is -2.34. The molecular weight excluding hydrogens is 318 g/mol. The molecule has 1 aromatic carbocycles. The van der Waals surface area contributed by atoms with Gasteiger partial charge in [-0.05, 0) is 36.5 Å². The van der Waals surface area contributed by atoms with Gasteiger partial charge in [-0.25, -0.2) is 0 Å². The molecule has 1 aliphatic heterocycles. The van der Waals surface area contributed by atoms with Gasteiger partial charge in [0.2, 0.25) is 0 Å². The summed E-state index contributed by atoms with van der Waals surface area (Å²) in [4.78, 5) is 14.9. The first-order chi connectivity index (χ1) is 10.6. The quantitative estimate of drug-likeness (QED) is 0.921. The van der Waals surface area contributed by atoms with E-state index in [0.717, 1.165) is 18.4 Å². The lowest BCUT2D eigenvalue weighted by atomic mass is 9.87. The molecule has 0 bridgehead atoms. The molecule has 0 unspecified atom stereocenters. The highest BCUT2D eigenvalue weighted by Gasteiger charge is 2.29. The van der Waals surface area contributed by atoms with Gasteiger partial charge in [-0.1, -0.05) is 41.9 Å². The van der Waals surface area contributed by atoms with Crippen molar-refractivity contribution in [3.63, 3.8) is 0 Å². The van der Waals surface area contributed by atoms with Crippen LogP contribution in [0.1, 0.15) is 34.2 Å². The summed E-state index contributed by atoms with van der Waals surface area (Å²) < 4.78 is 0.637. The van der Waals surface area contributed by atoms with E-state index in [2.05, 4.69) is 0 Å². The Kier molecular flexibility index (Phi) is 4.81. The number of hydrogen-bond acceptors (Lipinski definition) is 3. The molecule has 22 heavy (non-hydrogen) atoms. The Morgan fingerprint density at radius 1 is 1.18 bits per heavy atom. The minimum absolute atomic E-state index is 0.0459. The smallest absolute Gasteiger partial charge is 0.263 e. The second-order valence-corrected chi connectivity index (χ2v) is 7.30. The molecule has 1 saturated heterocycles. The van der Waals surface area contributed by atoms with E-state index in [-0.39, 0.29) is 11.8 Å². The highest BCUT2D eigenvalue weighted by atomic mass is 35.5. The van der Waals surface area contributed by atoms with Crippen LogP contribution in [0.15, 0.2) is 42.5 Å². The fraction of sp³-hybridized carbons (Fsp3) is 0.353. The van der Waals surface area contributed by atoms with Crippen molar-refractivity contribution in [2.24, 2.45) is 5.92 Å². The summed E-state index contributed by atoms with van der Waals surface area (Å²) in [5, 5.41) is 10.5. The second kappa shape index (κ2) is 6.82. The Balaban J connectivity index is 1.59.